The van der Waals surface area contributed by atoms with E-state index in [4.69, 9.17) is 16.1 Å². The van der Waals surface area contributed by atoms with Gasteiger partial charge in [0, 0.05) is 56.3 Å². The Morgan fingerprint density at radius 3 is 2.61 bits per heavy atom. The van der Waals surface area contributed by atoms with Gasteiger partial charge >= 0.3 is 0 Å². The number of anilines is 1. The van der Waals surface area contributed by atoms with Crippen molar-refractivity contribution in [1.82, 2.24) is 10.1 Å². The van der Waals surface area contributed by atoms with Gasteiger partial charge in [-0.15, -0.1) is 0 Å². The zero-order valence-corrected chi connectivity index (χ0v) is 17.6. The Kier molecular flexibility index (Phi) is 5.08. The predicted octanol–water partition coefficient (Wildman–Crippen LogP) is 4.09. The van der Waals surface area contributed by atoms with Gasteiger partial charge in [0.2, 0.25) is 5.91 Å². The van der Waals surface area contributed by atoms with Gasteiger partial charge in [-0.1, -0.05) is 28.9 Å². The fourth-order valence-electron chi connectivity index (χ4n) is 4.31. The normalized spacial score (nSPS) is 16.7. The Morgan fingerprint density at radius 2 is 1.87 bits per heavy atom. The van der Waals surface area contributed by atoms with Gasteiger partial charge < -0.3 is 19.6 Å². The van der Waals surface area contributed by atoms with Gasteiger partial charge in [-0.05, 0) is 30.2 Å². The zero-order chi connectivity index (χ0) is 21.5. The first-order valence-corrected chi connectivity index (χ1v) is 10.7. The molecular formula is C23H22ClN3O4. The Balaban J connectivity index is 1.34. The average molecular weight is 440 g/mol. The molecule has 160 valence electrons. The minimum atomic E-state index is -0.183. The van der Waals surface area contributed by atoms with E-state index in [9.17, 15) is 15.0 Å². The summed E-state index contributed by atoms with van der Waals surface area (Å²) in [6, 6.07) is 10.8. The van der Waals surface area contributed by atoms with Crippen LogP contribution in [-0.2, 0) is 24.3 Å². The number of phenolic OH excluding ortho intramolecular Hbond substituents is 2. The second-order valence-corrected chi connectivity index (χ2v) is 8.44. The van der Waals surface area contributed by atoms with E-state index in [-0.39, 0.29) is 22.4 Å². The molecule has 1 saturated heterocycles. The molecule has 2 aliphatic rings. The molecule has 2 aliphatic heterocycles. The first kappa shape index (κ1) is 19.9. The highest BCUT2D eigenvalue weighted by molar-refractivity contribution is 6.32. The molecule has 0 saturated carbocycles. The summed E-state index contributed by atoms with van der Waals surface area (Å²) in [5.74, 6) is 0.373. The van der Waals surface area contributed by atoms with Crippen LogP contribution in [0, 0.1) is 0 Å². The highest BCUT2D eigenvalue weighted by atomic mass is 35.5. The van der Waals surface area contributed by atoms with Crippen LogP contribution in [0.25, 0.3) is 11.3 Å². The summed E-state index contributed by atoms with van der Waals surface area (Å²) in [6.45, 7) is 3.00. The van der Waals surface area contributed by atoms with Gasteiger partial charge in [-0.3, -0.25) is 9.69 Å². The summed E-state index contributed by atoms with van der Waals surface area (Å²) < 4.78 is 5.55. The molecule has 2 N–H and O–H groups in total. The maximum absolute atomic E-state index is 11.9. The van der Waals surface area contributed by atoms with Gasteiger partial charge in [0.1, 0.15) is 11.5 Å². The lowest BCUT2D eigenvalue weighted by atomic mass is 10.0. The lowest BCUT2D eigenvalue weighted by Gasteiger charge is -2.26. The van der Waals surface area contributed by atoms with E-state index >= 15 is 0 Å². The second-order valence-electron chi connectivity index (χ2n) is 8.03. The van der Waals surface area contributed by atoms with Crippen molar-refractivity contribution in [3.05, 3.63) is 58.2 Å². The molecule has 7 nitrogen and oxygen atoms in total. The summed E-state index contributed by atoms with van der Waals surface area (Å²) in [4.78, 5) is 16.1. The van der Waals surface area contributed by atoms with E-state index in [2.05, 4.69) is 22.2 Å². The minimum absolute atomic E-state index is 0.106. The van der Waals surface area contributed by atoms with Gasteiger partial charge in [0.25, 0.3) is 0 Å². The van der Waals surface area contributed by atoms with Crippen LogP contribution in [0.15, 0.2) is 40.9 Å². The van der Waals surface area contributed by atoms with Gasteiger partial charge in [0.05, 0.1) is 16.3 Å². The second kappa shape index (κ2) is 7.90. The van der Waals surface area contributed by atoms with Crippen molar-refractivity contribution in [2.75, 3.05) is 18.0 Å². The maximum atomic E-state index is 11.9. The highest BCUT2D eigenvalue weighted by Crippen LogP contribution is 2.40. The third-order valence-electron chi connectivity index (χ3n) is 5.95. The van der Waals surface area contributed by atoms with Crippen molar-refractivity contribution in [3.63, 3.8) is 0 Å². The summed E-state index contributed by atoms with van der Waals surface area (Å²) in [5, 5.41) is 24.3. The number of aromatic nitrogens is 1. The standard InChI is InChI=1S/C23H22ClN3O4/c24-18-10-16(20(28)11-21(18)29)23-17-13-26(9-7-19(17)25-31-23)12-14-3-5-15(6-4-14)27-8-1-2-22(27)30/h3-6,10-11,28-29H,1-2,7-9,12-13H2. The Bertz CT molecular complexity index is 1140. The fourth-order valence-corrected chi connectivity index (χ4v) is 4.47. The summed E-state index contributed by atoms with van der Waals surface area (Å²) in [7, 11) is 0. The van der Waals surface area contributed by atoms with Crippen LogP contribution in [0.1, 0.15) is 29.7 Å². The SMILES string of the molecule is O=C1CCCN1c1ccc(CN2CCc3noc(-c4cc(Cl)c(O)cc4O)c3C2)cc1. The molecule has 1 fully saturated rings. The summed E-state index contributed by atoms with van der Waals surface area (Å²) in [6.07, 6.45) is 2.28. The van der Waals surface area contributed by atoms with Crippen LogP contribution < -0.4 is 4.90 Å². The van der Waals surface area contributed by atoms with Crippen LogP contribution >= 0.6 is 11.6 Å². The number of carbonyl (C=O) groups excluding carboxylic acids is 1. The zero-order valence-electron chi connectivity index (χ0n) is 16.8. The fraction of sp³-hybridized carbons (Fsp3) is 0.304. The van der Waals surface area contributed by atoms with E-state index in [0.29, 0.717) is 24.3 Å². The molecule has 2 aromatic carbocycles. The Morgan fingerprint density at radius 1 is 1.06 bits per heavy atom. The number of hydrogen-bond acceptors (Lipinski definition) is 6. The molecule has 5 rings (SSSR count). The molecule has 0 bridgehead atoms. The van der Waals surface area contributed by atoms with Gasteiger partial charge in [-0.25, -0.2) is 0 Å². The summed E-state index contributed by atoms with van der Waals surface area (Å²) in [5.41, 5.74) is 4.32. The molecule has 3 aromatic rings. The number of benzene rings is 2. The third kappa shape index (κ3) is 3.75. The molecule has 3 heterocycles. The van der Waals surface area contributed by atoms with Crippen LogP contribution in [0.2, 0.25) is 5.02 Å². The first-order valence-electron chi connectivity index (χ1n) is 10.3. The Labute approximate surface area is 184 Å². The van der Waals surface area contributed by atoms with Crippen LogP contribution in [0.3, 0.4) is 0 Å². The molecule has 0 atom stereocenters. The number of nitrogens with zero attached hydrogens (tertiary/aromatic N) is 3. The minimum Gasteiger partial charge on any atom is -0.507 e. The predicted molar refractivity (Wildman–Crippen MR) is 116 cm³/mol. The molecule has 8 heteroatoms. The lowest BCUT2D eigenvalue weighted by molar-refractivity contribution is -0.117. The van der Waals surface area contributed by atoms with E-state index in [1.807, 2.05) is 17.0 Å². The molecule has 1 amide bonds. The van der Waals surface area contributed by atoms with E-state index in [0.717, 1.165) is 55.0 Å². The lowest BCUT2D eigenvalue weighted by Crippen LogP contribution is -2.30. The average Bonchev–Trinajstić information content (AvgIpc) is 3.37. The number of fused-ring (bicyclic) bond motifs is 1. The first-order chi connectivity index (χ1) is 15.0. The van der Waals surface area contributed by atoms with Crippen molar-refractivity contribution in [2.45, 2.75) is 32.4 Å². The smallest absolute Gasteiger partial charge is 0.227 e. The van der Waals surface area contributed by atoms with Crippen molar-refractivity contribution in [3.8, 4) is 22.8 Å². The number of hydrogen-bond donors (Lipinski definition) is 2. The Hall–Kier alpha value is -3.03. The number of amides is 1. The van der Waals surface area contributed by atoms with E-state index in [1.54, 1.807) is 0 Å². The number of rotatable bonds is 4. The topological polar surface area (TPSA) is 90.0 Å². The molecule has 0 radical (unpaired) electrons. The van der Waals surface area contributed by atoms with E-state index < -0.39 is 0 Å². The number of phenols is 2. The van der Waals surface area contributed by atoms with Crippen molar-refractivity contribution >= 4 is 23.2 Å². The van der Waals surface area contributed by atoms with Gasteiger partial charge in [0.15, 0.2) is 5.76 Å². The maximum Gasteiger partial charge on any atom is 0.227 e. The van der Waals surface area contributed by atoms with Gasteiger partial charge in [-0.2, -0.15) is 0 Å². The van der Waals surface area contributed by atoms with E-state index in [1.165, 1.54) is 12.1 Å². The number of carbonyl (C=O) groups is 1. The van der Waals surface area contributed by atoms with Crippen LogP contribution in [0.5, 0.6) is 11.5 Å². The van der Waals surface area contributed by atoms with Crippen molar-refractivity contribution in [2.24, 2.45) is 0 Å². The molecule has 0 aliphatic carbocycles. The molecule has 1 aromatic heterocycles. The quantitative estimate of drug-likeness (QED) is 0.636. The van der Waals surface area contributed by atoms with Crippen LogP contribution in [-0.4, -0.2) is 39.3 Å². The van der Waals surface area contributed by atoms with Crippen LogP contribution in [0.4, 0.5) is 5.69 Å². The molecular weight excluding hydrogens is 418 g/mol. The molecule has 0 unspecified atom stereocenters. The summed E-state index contributed by atoms with van der Waals surface area (Å²) >= 11 is 6.03. The monoisotopic (exact) mass is 439 g/mol. The number of aromatic hydroxyl groups is 2. The number of halogens is 1. The largest absolute Gasteiger partial charge is 0.507 e. The highest BCUT2D eigenvalue weighted by Gasteiger charge is 2.27. The third-order valence-corrected chi connectivity index (χ3v) is 6.26. The molecule has 31 heavy (non-hydrogen) atoms. The van der Waals surface area contributed by atoms with Crippen molar-refractivity contribution in [1.29, 1.82) is 0 Å². The van der Waals surface area contributed by atoms with Crippen molar-refractivity contribution < 1.29 is 19.5 Å². The molecule has 0 spiro atoms.